The van der Waals surface area contributed by atoms with Crippen LogP contribution in [0.2, 0.25) is 5.02 Å². The van der Waals surface area contributed by atoms with Gasteiger partial charge in [0.25, 0.3) is 0 Å². The van der Waals surface area contributed by atoms with Crippen molar-refractivity contribution in [3.63, 3.8) is 0 Å². The molecule has 7 nitrogen and oxygen atoms in total. The van der Waals surface area contributed by atoms with E-state index in [9.17, 15) is 5.11 Å². The number of likely N-dealkylation sites (tertiary alicyclic amines) is 1. The van der Waals surface area contributed by atoms with E-state index in [1.54, 1.807) is 6.07 Å². The highest BCUT2D eigenvalue weighted by atomic mass is 35.5. The zero-order chi connectivity index (χ0) is 21.0. The van der Waals surface area contributed by atoms with Gasteiger partial charge in [-0.3, -0.25) is 4.90 Å². The molecule has 3 aromatic rings. The van der Waals surface area contributed by atoms with Crippen molar-refractivity contribution in [1.29, 1.82) is 0 Å². The van der Waals surface area contributed by atoms with Crippen LogP contribution < -0.4 is 5.32 Å². The minimum absolute atomic E-state index is 0.0384. The molecule has 2 fully saturated rings. The Hall–Kier alpha value is -2.87. The number of oxime groups is 1. The summed E-state index contributed by atoms with van der Waals surface area (Å²) >= 11 is 6.22. The molecule has 2 saturated heterocycles. The molecule has 2 aromatic carbocycles. The number of aliphatic imine (C=N–C) groups is 1. The number of para-hydroxylation sites is 1. The summed E-state index contributed by atoms with van der Waals surface area (Å²) in [6.07, 6.45) is 0. The number of nitrogens with zero attached hydrogens (tertiary/aromatic N) is 3. The lowest BCUT2D eigenvalue weighted by Gasteiger charge is -2.56. The van der Waals surface area contributed by atoms with Gasteiger partial charge in [0.2, 0.25) is 0 Å². The molecule has 0 atom stereocenters. The first-order chi connectivity index (χ1) is 15.1. The van der Waals surface area contributed by atoms with Crippen molar-refractivity contribution in [2.45, 2.75) is 0 Å². The minimum atomic E-state index is 0.0384. The van der Waals surface area contributed by atoms with Crippen LogP contribution in [-0.2, 0) is 4.84 Å². The first-order valence-corrected chi connectivity index (χ1v) is 10.8. The number of aromatic amines is 1. The van der Waals surface area contributed by atoms with Gasteiger partial charge in [-0.15, -0.1) is 0 Å². The molecule has 0 radical (unpaired) electrons. The first-order valence-electron chi connectivity index (χ1n) is 10.4. The lowest BCUT2D eigenvalue weighted by atomic mass is 9.74. The van der Waals surface area contributed by atoms with E-state index in [4.69, 9.17) is 21.4 Å². The predicted molar refractivity (Wildman–Crippen MR) is 122 cm³/mol. The van der Waals surface area contributed by atoms with Gasteiger partial charge in [0, 0.05) is 59.6 Å². The second-order valence-electron chi connectivity index (χ2n) is 8.60. The first kappa shape index (κ1) is 18.9. The molecule has 4 heterocycles. The van der Waals surface area contributed by atoms with E-state index in [2.05, 4.69) is 20.4 Å². The Morgan fingerprint density at radius 1 is 1.19 bits per heavy atom. The molecule has 8 heteroatoms. The van der Waals surface area contributed by atoms with E-state index in [0.717, 1.165) is 54.9 Å². The van der Waals surface area contributed by atoms with Gasteiger partial charge in [-0.1, -0.05) is 35.0 Å². The average Bonchev–Trinajstić information content (AvgIpc) is 3.21. The van der Waals surface area contributed by atoms with Crippen LogP contribution in [0.4, 0.5) is 5.69 Å². The molecule has 31 heavy (non-hydrogen) atoms. The van der Waals surface area contributed by atoms with Crippen molar-refractivity contribution in [2.24, 2.45) is 15.6 Å². The number of benzene rings is 2. The molecule has 0 amide bonds. The standard InChI is InChI=1S/C23H22ClN5O2/c24-14-5-6-18-16(9-14)19(22(30)27-18)21-20(15-3-1-2-4-17(15)26-21)28-31-8-7-29-12-23(13-29)10-25-11-23/h1-6,9,25,27,30H,7-8,10-13H2. The third-order valence-electron chi connectivity index (χ3n) is 6.37. The van der Waals surface area contributed by atoms with Gasteiger partial charge in [-0.25, -0.2) is 4.99 Å². The summed E-state index contributed by atoms with van der Waals surface area (Å²) in [6.45, 7) is 5.86. The Morgan fingerprint density at radius 2 is 2.03 bits per heavy atom. The zero-order valence-electron chi connectivity index (χ0n) is 16.9. The van der Waals surface area contributed by atoms with E-state index in [0.29, 0.717) is 34.0 Å². The quantitative estimate of drug-likeness (QED) is 0.424. The van der Waals surface area contributed by atoms with Crippen molar-refractivity contribution in [2.75, 3.05) is 39.3 Å². The van der Waals surface area contributed by atoms with Gasteiger partial charge in [0.1, 0.15) is 18.0 Å². The fourth-order valence-electron chi connectivity index (χ4n) is 4.77. The van der Waals surface area contributed by atoms with E-state index in [1.165, 1.54) is 0 Å². The second-order valence-corrected chi connectivity index (χ2v) is 9.04. The van der Waals surface area contributed by atoms with Crippen LogP contribution in [0.5, 0.6) is 5.88 Å². The molecule has 0 unspecified atom stereocenters. The van der Waals surface area contributed by atoms with Gasteiger partial charge in [0.15, 0.2) is 5.88 Å². The monoisotopic (exact) mass is 435 g/mol. The highest BCUT2D eigenvalue weighted by molar-refractivity contribution is 6.58. The van der Waals surface area contributed by atoms with Crippen molar-refractivity contribution >= 4 is 39.6 Å². The van der Waals surface area contributed by atoms with Crippen LogP contribution in [0.25, 0.3) is 10.9 Å². The van der Waals surface area contributed by atoms with Crippen LogP contribution in [0.15, 0.2) is 52.6 Å². The smallest absolute Gasteiger partial charge is 0.199 e. The van der Waals surface area contributed by atoms with Crippen molar-refractivity contribution < 1.29 is 9.94 Å². The molecule has 158 valence electrons. The van der Waals surface area contributed by atoms with Gasteiger partial charge in [-0.05, 0) is 24.3 Å². The van der Waals surface area contributed by atoms with Crippen LogP contribution in [0.1, 0.15) is 11.1 Å². The highest BCUT2D eigenvalue weighted by Crippen LogP contribution is 2.37. The molecule has 3 aliphatic heterocycles. The lowest BCUT2D eigenvalue weighted by Crippen LogP contribution is -2.71. The number of rotatable bonds is 5. The van der Waals surface area contributed by atoms with Gasteiger partial charge < -0.3 is 20.2 Å². The van der Waals surface area contributed by atoms with Crippen LogP contribution in [0, 0.1) is 5.41 Å². The molecule has 6 rings (SSSR count). The Kier molecular flexibility index (Phi) is 4.31. The maximum absolute atomic E-state index is 10.7. The SMILES string of the molecule is Oc1[nH]c2ccc(Cl)cc2c1C1=Nc2ccccc2C1=NOCCN1CC2(CNC2)C1. The Labute approximate surface area is 184 Å². The molecule has 3 aliphatic rings. The van der Waals surface area contributed by atoms with Gasteiger partial charge in [0.05, 0.1) is 11.3 Å². The summed E-state index contributed by atoms with van der Waals surface area (Å²) in [5.74, 6) is 0.0384. The lowest BCUT2D eigenvalue weighted by molar-refractivity contribution is -0.0512. The third kappa shape index (κ3) is 3.12. The fraction of sp³-hybridized carbons (Fsp3) is 0.304. The normalized spacial score (nSPS) is 20.5. The topological polar surface area (TPSA) is 85.2 Å². The van der Waals surface area contributed by atoms with Crippen LogP contribution >= 0.6 is 11.6 Å². The number of H-pyrrole nitrogens is 1. The third-order valence-corrected chi connectivity index (χ3v) is 6.60. The second kappa shape index (κ2) is 7.09. The molecule has 1 spiro atoms. The summed E-state index contributed by atoms with van der Waals surface area (Å²) in [7, 11) is 0. The number of fused-ring (bicyclic) bond motifs is 2. The molecule has 1 aromatic heterocycles. The highest BCUT2D eigenvalue weighted by Gasteiger charge is 2.47. The summed E-state index contributed by atoms with van der Waals surface area (Å²) in [6, 6.07) is 13.2. The number of halogens is 1. The van der Waals surface area contributed by atoms with Crippen LogP contribution in [0.3, 0.4) is 0 Å². The molecule has 0 aliphatic carbocycles. The molecular formula is C23H22ClN5O2. The van der Waals surface area contributed by atoms with Crippen molar-refractivity contribution in [3.05, 3.63) is 58.6 Å². The maximum Gasteiger partial charge on any atom is 0.199 e. The number of aromatic nitrogens is 1. The molecular weight excluding hydrogens is 414 g/mol. The summed E-state index contributed by atoms with van der Waals surface area (Å²) in [5.41, 5.74) is 4.76. The average molecular weight is 436 g/mol. The minimum Gasteiger partial charge on any atom is -0.494 e. The predicted octanol–water partition coefficient (Wildman–Crippen LogP) is 3.29. The number of hydrogen-bond acceptors (Lipinski definition) is 6. The summed E-state index contributed by atoms with van der Waals surface area (Å²) in [5, 5.41) is 19.9. The Bertz CT molecular complexity index is 1240. The van der Waals surface area contributed by atoms with Gasteiger partial charge in [-0.2, -0.15) is 0 Å². The summed E-state index contributed by atoms with van der Waals surface area (Å²) in [4.78, 5) is 15.9. The van der Waals surface area contributed by atoms with E-state index < -0.39 is 0 Å². The van der Waals surface area contributed by atoms with E-state index in [-0.39, 0.29) is 5.88 Å². The maximum atomic E-state index is 10.7. The number of hydrogen-bond donors (Lipinski definition) is 3. The Balaban J connectivity index is 1.27. The number of nitrogens with one attached hydrogen (secondary N) is 2. The van der Waals surface area contributed by atoms with Crippen molar-refractivity contribution in [3.8, 4) is 5.88 Å². The van der Waals surface area contributed by atoms with Gasteiger partial charge >= 0.3 is 0 Å². The molecule has 3 N–H and O–H groups in total. The molecule has 0 saturated carbocycles. The molecule has 0 bridgehead atoms. The van der Waals surface area contributed by atoms with Crippen molar-refractivity contribution in [1.82, 2.24) is 15.2 Å². The zero-order valence-corrected chi connectivity index (χ0v) is 17.6. The van der Waals surface area contributed by atoms with E-state index in [1.807, 2.05) is 36.4 Å². The Morgan fingerprint density at radius 3 is 2.84 bits per heavy atom. The van der Waals surface area contributed by atoms with E-state index >= 15 is 0 Å². The van der Waals surface area contributed by atoms with Crippen LogP contribution in [-0.4, -0.2) is 65.7 Å². The summed E-state index contributed by atoms with van der Waals surface area (Å²) < 4.78 is 0. The number of aromatic hydroxyl groups is 1. The fourth-order valence-corrected chi connectivity index (χ4v) is 4.94. The largest absolute Gasteiger partial charge is 0.494 e.